The van der Waals surface area contributed by atoms with E-state index in [-0.39, 0.29) is 5.41 Å². The molecule has 0 unspecified atom stereocenters. The van der Waals surface area contributed by atoms with Crippen LogP contribution in [0.2, 0.25) is 0 Å². The molecule has 1 nitrogen and oxygen atoms in total. The molecule has 0 atom stereocenters. The van der Waals surface area contributed by atoms with Crippen LogP contribution in [0.4, 0.5) is 0 Å². The summed E-state index contributed by atoms with van der Waals surface area (Å²) in [4.78, 5) is 0. The van der Waals surface area contributed by atoms with Crippen molar-refractivity contribution < 1.29 is 0 Å². The Morgan fingerprint density at radius 1 is 1.44 bits per heavy atom. The van der Waals surface area contributed by atoms with Crippen LogP contribution in [0.25, 0.3) is 0 Å². The third kappa shape index (κ3) is 1.60. The van der Waals surface area contributed by atoms with E-state index >= 15 is 0 Å². The minimum atomic E-state index is 0.245. The Labute approximate surface area is 56.5 Å². The molecule has 0 amide bonds. The van der Waals surface area contributed by atoms with Crippen molar-refractivity contribution in [2.75, 3.05) is 0 Å². The summed E-state index contributed by atoms with van der Waals surface area (Å²) in [5, 5.41) is 3.12. The van der Waals surface area contributed by atoms with Crippen molar-refractivity contribution in [2.45, 2.75) is 20.8 Å². The largest absolute Gasteiger partial charge is 0.366 e. The van der Waals surface area contributed by atoms with Gasteiger partial charge in [-0.1, -0.05) is 26.0 Å². The van der Waals surface area contributed by atoms with Gasteiger partial charge < -0.3 is 5.32 Å². The van der Waals surface area contributed by atoms with Crippen molar-refractivity contribution in [3.8, 4) is 0 Å². The van der Waals surface area contributed by atoms with Crippen molar-refractivity contribution in [3.05, 3.63) is 24.0 Å². The molecule has 1 N–H and O–H groups in total. The second-order valence-corrected chi connectivity index (χ2v) is 3.13. The van der Waals surface area contributed by atoms with E-state index in [0.29, 0.717) is 0 Å². The predicted octanol–water partition coefficient (Wildman–Crippen LogP) is 2.03. The topological polar surface area (TPSA) is 12.0 Å². The minimum Gasteiger partial charge on any atom is -0.366 e. The van der Waals surface area contributed by atoms with Gasteiger partial charge in [-0.15, -0.1) is 0 Å². The molecule has 1 heterocycles. The van der Waals surface area contributed by atoms with Crippen LogP contribution in [0.5, 0.6) is 0 Å². The molecule has 1 aliphatic rings. The molecule has 0 aromatic rings. The van der Waals surface area contributed by atoms with Crippen LogP contribution >= 0.6 is 0 Å². The molecule has 9 heavy (non-hydrogen) atoms. The molecule has 50 valence electrons. The van der Waals surface area contributed by atoms with Crippen molar-refractivity contribution >= 4 is 0 Å². The maximum absolute atomic E-state index is 3.12. The van der Waals surface area contributed by atoms with Gasteiger partial charge in [-0.05, 0) is 13.1 Å². The zero-order valence-electron chi connectivity index (χ0n) is 6.23. The van der Waals surface area contributed by atoms with Gasteiger partial charge in [0.25, 0.3) is 0 Å². The van der Waals surface area contributed by atoms with Gasteiger partial charge in [0.2, 0.25) is 0 Å². The smallest absolute Gasteiger partial charge is 0.00827 e. The van der Waals surface area contributed by atoms with E-state index in [4.69, 9.17) is 0 Å². The summed E-state index contributed by atoms with van der Waals surface area (Å²) in [7, 11) is 0. The van der Waals surface area contributed by atoms with E-state index in [2.05, 4.69) is 38.2 Å². The van der Waals surface area contributed by atoms with E-state index in [1.165, 1.54) is 5.70 Å². The second kappa shape index (κ2) is 1.90. The number of nitrogens with one attached hydrogen (secondary N) is 1. The van der Waals surface area contributed by atoms with Gasteiger partial charge in [-0.25, -0.2) is 0 Å². The van der Waals surface area contributed by atoms with Crippen molar-refractivity contribution in [2.24, 2.45) is 5.41 Å². The average molecular weight is 123 g/mol. The summed E-state index contributed by atoms with van der Waals surface area (Å²) in [6.07, 6.45) is 6.36. The number of hydrogen-bond donors (Lipinski definition) is 1. The molecule has 0 saturated carbocycles. The SMILES string of the molecule is CC1=CC(C)(C)C=CN1. The summed E-state index contributed by atoms with van der Waals surface area (Å²) < 4.78 is 0. The molecule has 0 aromatic carbocycles. The summed E-state index contributed by atoms with van der Waals surface area (Å²) >= 11 is 0. The van der Waals surface area contributed by atoms with Crippen LogP contribution in [0, 0.1) is 5.41 Å². The Hall–Kier alpha value is -0.720. The molecule has 0 saturated heterocycles. The van der Waals surface area contributed by atoms with Gasteiger partial charge in [-0.2, -0.15) is 0 Å². The first-order chi connectivity index (χ1) is 4.10. The van der Waals surface area contributed by atoms with Gasteiger partial charge in [0.15, 0.2) is 0 Å². The molecule has 0 aromatic heterocycles. The molecule has 0 aliphatic carbocycles. The zero-order valence-corrected chi connectivity index (χ0v) is 6.23. The van der Waals surface area contributed by atoms with Crippen LogP contribution in [-0.2, 0) is 0 Å². The summed E-state index contributed by atoms with van der Waals surface area (Å²) in [6, 6.07) is 0. The Balaban J connectivity index is 2.78. The number of dihydropyridines is 1. The fourth-order valence-corrected chi connectivity index (χ4v) is 1.04. The Bertz CT molecular complexity index is 163. The number of allylic oxidation sites excluding steroid dienone is 3. The third-order valence-corrected chi connectivity index (χ3v) is 1.41. The van der Waals surface area contributed by atoms with Crippen LogP contribution in [0.1, 0.15) is 20.8 Å². The standard InChI is InChI=1S/C8H13N/c1-7-6-8(2,3)4-5-9-7/h4-6,9H,1-3H3. The van der Waals surface area contributed by atoms with Gasteiger partial charge in [0.05, 0.1) is 0 Å². The molecule has 0 bridgehead atoms. The maximum atomic E-state index is 3.12. The highest BCUT2D eigenvalue weighted by Crippen LogP contribution is 2.22. The minimum absolute atomic E-state index is 0.245. The molecule has 0 fully saturated rings. The van der Waals surface area contributed by atoms with Crippen LogP contribution in [0.15, 0.2) is 24.0 Å². The first kappa shape index (κ1) is 6.40. The van der Waals surface area contributed by atoms with Gasteiger partial charge in [0, 0.05) is 11.1 Å². The molecule has 1 heteroatoms. The lowest BCUT2D eigenvalue weighted by atomic mass is 9.91. The second-order valence-electron chi connectivity index (χ2n) is 3.13. The highest BCUT2D eigenvalue weighted by Gasteiger charge is 2.12. The van der Waals surface area contributed by atoms with E-state index in [9.17, 15) is 0 Å². The van der Waals surface area contributed by atoms with E-state index in [1.54, 1.807) is 0 Å². The quantitative estimate of drug-likeness (QED) is 0.519. The lowest BCUT2D eigenvalue weighted by molar-refractivity contribution is 0.599. The van der Waals surface area contributed by atoms with Crippen LogP contribution in [-0.4, -0.2) is 0 Å². The van der Waals surface area contributed by atoms with E-state index in [1.807, 2.05) is 6.20 Å². The monoisotopic (exact) mass is 123 g/mol. The van der Waals surface area contributed by atoms with Crippen molar-refractivity contribution in [1.82, 2.24) is 5.32 Å². The van der Waals surface area contributed by atoms with E-state index < -0.39 is 0 Å². The predicted molar refractivity (Wildman–Crippen MR) is 39.8 cm³/mol. The van der Waals surface area contributed by atoms with Crippen LogP contribution in [0.3, 0.4) is 0 Å². The number of hydrogen-bond acceptors (Lipinski definition) is 1. The normalized spacial score (nSPS) is 22.8. The lowest BCUT2D eigenvalue weighted by Gasteiger charge is -2.20. The molecular formula is C8H13N. The molecule has 1 rings (SSSR count). The average Bonchev–Trinajstić information content (AvgIpc) is 1.60. The third-order valence-electron chi connectivity index (χ3n) is 1.41. The Kier molecular flexibility index (Phi) is 1.35. The van der Waals surface area contributed by atoms with Crippen molar-refractivity contribution in [1.29, 1.82) is 0 Å². The Morgan fingerprint density at radius 3 is 2.44 bits per heavy atom. The molecule has 0 radical (unpaired) electrons. The summed E-state index contributed by atoms with van der Waals surface area (Å²) in [6.45, 7) is 6.45. The van der Waals surface area contributed by atoms with Gasteiger partial charge in [-0.3, -0.25) is 0 Å². The first-order valence-corrected chi connectivity index (χ1v) is 3.24. The summed E-state index contributed by atoms with van der Waals surface area (Å²) in [5.41, 5.74) is 1.48. The first-order valence-electron chi connectivity index (χ1n) is 3.24. The van der Waals surface area contributed by atoms with Crippen molar-refractivity contribution in [3.63, 3.8) is 0 Å². The summed E-state index contributed by atoms with van der Waals surface area (Å²) in [5.74, 6) is 0. The molecule has 1 aliphatic heterocycles. The highest BCUT2D eigenvalue weighted by atomic mass is 14.8. The molecule has 0 spiro atoms. The van der Waals surface area contributed by atoms with Gasteiger partial charge >= 0.3 is 0 Å². The zero-order chi connectivity index (χ0) is 6.91. The Morgan fingerprint density at radius 2 is 2.11 bits per heavy atom. The molecular weight excluding hydrogens is 110 g/mol. The number of rotatable bonds is 0. The van der Waals surface area contributed by atoms with E-state index in [0.717, 1.165) is 0 Å². The fourth-order valence-electron chi connectivity index (χ4n) is 1.04. The fraction of sp³-hybridized carbons (Fsp3) is 0.500. The lowest BCUT2D eigenvalue weighted by Crippen LogP contribution is -2.15. The van der Waals surface area contributed by atoms with Gasteiger partial charge in [0.1, 0.15) is 0 Å². The highest BCUT2D eigenvalue weighted by molar-refractivity contribution is 5.17. The maximum Gasteiger partial charge on any atom is 0.00827 e. The van der Waals surface area contributed by atoms with Crippen LogP contribution < -0.4 is 5.32 Å².